The number of carbonyl (C=O) groups is 2. The minimum Gasteiger partial charge on any atom is -0.497 e. The highest BCUT2D eigenvalue weighted by Crippen LogP contribution is 2.19. The molecular weight excluding hydrogens is 346 g/mol. The van der Waals surface area contributed by atoms with Crippen LogP contribution in [0, 0.1) is 13.8 Å². The fourth-order valence-corrected chi connectivity index (χ4v) is 2.62. The lowest BCUT2D eigenvalue weighted by atomic mass is 10.2. The second-order valence-corrected chi connectivity index (χ2v) is 6.53. The van der Waals surface area contributed by atoms with Crippen LogP contribution in [0.3, 0.4) is 0 Å². The molecule has 27 heavy (non-hydrogen) atoms. The number of nitrogens with one attached hydrogen (secondary N) is 2. The summed E-state index contributed by atoms with van der Waals surface area (Å²) < 4.78 is 6.82. The number of ether oxygens (including phenoxy) is 1. The third-order valence-corrected chi connectivity index (χ3v) is 4.56. The summed E-state index contributed by atoms with van der Waals surface area (Å²) >= 11 is 0. The summed E-state index contributed by atoms with van der Waals surface area (Å²) in [6, 6.07) is 6.59. The van der Waals surface area contributed by atoms with Crippen LogP contribution in [0.5, 0.6) is 5.75 Å². The molecule has 0 bridgehead atoms. The molecule has 1 heterocycles. The Balaban J connectivity index is 1.92. The maximum atomic E-state index is 12.5. The number of likely N-dealkylation sites (N-methyl/N-ethyl adjacent to an activating group) is 1. The quantitative estimate of drug-likeness (QED) is 0.774. The van der Waals surface area contributed by atoms with Crippen molar-refractivity contribution >= 4 is 23.2 Å². The molecule has 0 saturated carbocycles. The van der Waals surface area contributed by atoms with Crippen molar-refractivity contribution in [1.82, 2.24) is 14.7 Å². The van der Waals surface area contributed by atoms with Crippen molar-refractivity contribution in [2.45, 2.75) is 26.8 Å². The molecule has 2 amide bonds. The first-order valence-corrected chi connectivity index (χ1v) is 8.68. The molecule has 1 atom stereocenters. The Morgan fingerprint density at radius 1 is 1.22 bits per heavy atom. The van der Waals surface area contributed by atoms with Crippen LogP contribution in [0.2, 0.25) is 0 Å². The third-order valence-electron chi connectivity index (χ3n) is 4.56. The summed E-state index contributed by atoms with van der Waals surface area (Å²) in [5.41, 5.74) is 3.03. The molecule has 1 aromatic carbocycles. The molecular formula is C19H27N5O3. The number of hydrogen-bond donors (Lipinski definition) is 2. The van der Waals surface area contributed by atoms with E-state index in [-0.39, 0.29) is 18.4 Å². The van der Waals surface area contributed by atoms with Crippen LogP contribution in [0.25, 0.3) is 0 Å². The Hall–Kier alpha value is -2.87. The zero-order valence-electron chi connectivity index (χ0n) is 16.7. The van der Waals surface area contributed by atoms with E-state index in [4.69, 9.17) is 4.74 Å². The second-order valence-electron chi connectivity index (χ2n) is 6.53. The minimum absolute atomic E-state index is 0.0889. The molecule has 2 N–H and O–H groups in total. The van der Waals surface area contributed by atoms with E-state index in [1.807, 2.05) is 20.9 Å². The van der Waals surface area contributed by atoms with Gasteiger partial charge in [0.15, 0.2) is 0 Å². The van der Waals surface area contributed by atoms with Crippen LogP contribution in [0.15, 0.2) is 24.3 Å². The molecule has 0 aliphatic carbocycles. The van der Waals surface area contributed by atoms with Gasteiger partial charge in [-0.3, -0.25) is 19.2 Å². The Labute approximate surface area is 159 Å². The van der Waals surface area contributed by atoms with Crippen LogP contribution in [0.4, 0.5) is 11.4 Å². The Kier molecular flexibility index (Phi) is 6.57. The van der Waals surface area contributed by atoms with Gasteiger partial charge in [-0.15, -0.1) is 0 Å². The Morgan fingerprint density at radius 3 is 2.37 bits per heavy atom. The largest absolute Gasteiger partial charge is 0.497 e. The summed E-state index contributed by atoms with van der Waals surface area (Å²) in [7, 11) is 5.15. The molecule has 0 aliphatic heterocycles. The number of aromatic nitrogens is 2. The summed E-state index contributed by atoms with van der Waals surface area (Å²) in [4.78, 5) is 26.5. The summed E-state index contributed by atoms with van der Waals surface area (Å²) in [5, 5.41) is 10.0. The SMILES string of the molecule is COc1ccc(NC(=O)CN(C)[C@H](C)C(=O)Nc2c(C)nn(C)c2C)cc1. The second kappa shape index (κ2) is 8.68. The molecule has 0 saturated heterocycles. The molecule has 0 spiro atoms. The lowest BCUT2D eigenvalue weighted by Crippen LogP contribution is -2.43. The minimum atomic E-state index is -0.481. The van der Waals surface area contributed by atoms with Crippen molar-refractivity contribution in [3.63, 3.8) is 0 Å². The van der Waals surface area contributed by atoms with Gasteiger partial charge in [-0.1, -0.05) is 0 Å². The van der Waals surface area contributed by atoms with E-state index in [0.717, 1.165) is 17.1 Å². The normalized spacial score (nSPS) is 12.0. The van der Waals surface area contributed by atoms with E-state index in [9.17, 15) is 9.59 Å². The maximum Gasteiger partial charge on any atom is 0.241 e. The zero-order chi connectivity index (χ0) is 20.1. The maximum absolute atomic E-state index is 12.5. The average molecular weight is 373 g/mol. The smallest absolute Gasteiger partial charge is 0.241 e. The van der Waals surface area contributed by atoms with E-state index >= 15 is 0 Å². The van der Waals surface area contributed by atoms with Gasteiger partial charge in [0.25, 0.3) is 0 Å². The molecule has 2 rings (SSSR count). The summed E-state index contributed by atoms with van der Waals surface area (Å²) in [5.74, 6) is 0.335. The van der Waals surface area contributed by atoms with E-state index < -0.39 is 6.04 Å². The molecule has 2 aromatic rings. The van der Waals surface area contributed by atoms with Gasteiger partial charge in [0, 0.05) is 12.7 Å². The van der Waals surface area contributed by atoms with Crippen molar-refractivity contribution < 1.29 is 14.3 Å². The monoisotopic (exact) mass is 373 g/mol. The van der Waals surface area contributed by atoms with Gasteiger partial charge in [-0.05, 0) is 52.1 Å². The first kappa shape index (κ1) is 20.4. The standard InChI is InChI=1S/C19H27N5O3/c1-12-18(13(2)24(5)22-12)21-19(26)14(3)23(4)11-17(25)20-15-7-9-16(27-6)10-8-15/h7-10,14H,11H2,1-6H3,(H,20,25)(H,21,26)/t14-/m1/s1. The first-order valence-electron chi connectivity index (χ1n) is 8.68. The highest BCUT2D eigenvalue weighted by Gasteiger charge is 2.22. The molecule has 0 radical (unpaired) electrons. The number of carbonyl (C=O) groups excluding carboxylic acids is 2. The van der Waals surface area contributed by atoms with Gasteiger partial charge in [0.1, 0.15) is 5.75 Å². The summed E-state index contributed by atoms with van der Waals surface area (Å²) in [6.07, 6.45) is 0. The average Bonchev–Trinajstić information content (AvgIpc) is 2.87. The van der Waals surface area contributed by atoms with Crippen LogP contribution < -0.4 is 15.4 Å². The number of amides is 2. The number of benzene rings is 1. The molecule has 0 fully saturated rings. The fraction of sp³-hybridized carbons (Fsp3) is 0.421. The molecule has 0 unspecified atom stereocenters. The number of rotatable bonds is 7. The zero-order valence-corrected chi connectivity index (χ0v) is 16.7. The van der Waals surface area contributed by atoms with Crippen LogP contribution in [0.1, 0.15) is 18.3 Å². The third kappa shape index (κ3) is 5.07. The predicted octanol–water partition coefficient (Wildman–Crippen LogP) is 1.94. The number of nitrogens with zero attached hydrogens (tertiary/aromatic N) is 3. The Morgan fingerprint density at radius 2 is 1.85 bits per heavy atom. The van der Waals surface area contributed by atoms with Crippen LogP contribution in [-0.2, 0) is 16.6 Å². The fourth-order valence-electron chi connectivity index (χ4n) is 2.62. The Bertz CT molecular complexity index is 813. The topological polar surface area (TPSA) is 88.5 Å². The number of hydrogen-bond acceptors (Lipinski definition) is 5. The number of anilines is 2. The van der Waals surface area contributed by atoms with Gasteiger partial charge < -0.3 is 15.4 Å². The van der Waals surface area contributed by atoms with E-state index in [1.165, 1.54) is 0 Å². The van der Waals surface area contributed by atoms with Gasteiger partial charge in [0.05, 0.1) is 36.8 Å². The molecule has 8 nitrogen and oxygen atoms in total. The van der Waals surface area contributed by atoms with E-state index in [0.29, 0.717) is 11.4 Å². The molecule has 8 heteroatoms. The highest BCUT2D eigenvalue weighted by molar-refractivity contribution is 5.97. The predicted molar refractivity (Wildman–Crippen MR) is 105 cm³/mol. The van der Waals surface area contributed by atoms with Crippen molar-refractivity contribution in [2.75, 3.05) is 31.3 Å². The number of aryl methyl sites for hydroxylation is 2. The molecule has 0 aliphatic rings. The van der Waals surface area contributed by atoms with Crippen molar-refractivity contribution in [3.05, 3.63) is 35.7 Å². The van der Waals surface area contributed by atoms with Crippen molar-refractivity contribution in [2.24, 2.45) is 7.05 Å². The van der Waals surface area contributed by atoms with Gasteiger partial charge in [-0.2, -0.15) is 5.10 Å². The molecule has 146 valence electrons. The number of methoxy groups -OCH3 is 1. The van der Waals surface area contributed by atoms with E-state index in [1.54, 1.807) is 54.9 Å². The highest BCUT2D eigenvalue weighted by atomic mass is 16.5. The lowest BCUT2D eigenvalue weighted by Gasteiger charge is -2.23. The lowest BCUT2D eigenvalue weighted by molar-refractivity contribution is -0.122. The van der Waals surface area contributed by atoms with Crippen molar-refractivity contribution in [1.29, 1.82) is 0 Å². The van der Waals surface area contributed by atoms with E-state index in [2.05, 4.69) is 15.7 Å². The first-order chi connectivity index (χ1) is 12.7. The van der Waals surface area contributed by atoms with Gasteiger partial charge in [0.2, 0.25) is 11.8 Å². The van der Waals surface area contributed by atoms with Crippen molar-refractivity contribution in [3.8, 4) is 5.75 Å². The molecule has 1 aromatic heterocycles. The van der Waals surface area contributed by atoms with Gasteiger partial charge in [-0.25, -0.2) is 0 Å². The van der Waals surface area contributed by atoms with Gasteiger partial charge >= 0.3 is 0 Å². The van der Waals surface area contributed by atoms with Crippen LogP contribution >= 0.6 is 0 Å². The summed E-state index contributed by atoms with van der Waals surface area (Å²) in [6.45, 7) is 5.59. The van der Waals surface area contributed by atoms with Crippen LogP contribution in [-0.4, -0.2) is 53.2 Å².